The fourth-order valence-corrected chi connectivity index (χ4v) is 2.81. The van der Waals surface area contributed by atoms with E-state index in [4.69, 9.17) is 0 Å². The van der Waals surface area contributed by atoms with Gasteiger partial charge in [-0.05, 0) is 30.7 Å². The predicted molar refractivity (Wildman–Crippen MR) is 105 cm³/mol. The molecule has 0 aromatic heterocycles. The number of unbranched alkanes of at least 4 members (excludes halogenated alkanes) is 1. The highest BCUT2D eigenvalue weighted by molar-refractivity contribution is 5.90. The summed E-state index contributed by atoms with van der Waals surface area (Å²) in [5, 5.41) is 14.7. The molecule has 3 N–H and O–H groups in total. The van der Waals surface area contributed by atoms with Gasteiger partial charge in [0.2, 0.25) is 11.8 Å². The summed E-state index contributed by atoms with van der Waals surface area (Å²) in [5.41, 5.74) is 1.06. The predicted octanol–water partition coefficient (Wildman–Crippen LogP) is 2.91. The number of nitrogens with one attached hydrogen (secondary N) is 2. The first-order valence-corrected chi connectivity index (χ1v) is 9.70. The Balaban J connectivity index is 2.65. The van der Waals surface area contributed by atoms with E-state index in [2.05, 4.69) is 10.6 Å². The molecule has 0 aliphatic carbocycles. The average molecular weight is 376 g/mol. The van der Waals surface area contributed by atoms with E-state index in [9.17, 15) is 19.5 Å². The van der Waals surface area contributed by atoms with E-state index in [1.165, 1.54) is 0 Å². The second-order valence-electron chi connectivity index (χ2n) is 7.28. The lowest BCUT2D eigenvalue weighted by Crippen LogP contribution is -2.52. The van der Waals surface area contributed by atoms with E-state index < -0.39 is 24.0 Å². The molecule has 6 nitrogen and oxygen atoms in total. The maximum absolute atomic E-state index is 12.6. The summed E-state index contributed by atoms with van der Waals surface area (Å²) >= 11 is 0. The Morgan fingerprint density at radius 3 is 2.26 bits per heavy atom. The molecular weight excluding hydrogens is 344 g/mol. The molecule has 0 radical (unpaired) electrons. The monoisotopic (exact) mass is 376 g/mol. The van der Waals surface area contributed by atoms with Crippen LogP contribution in [0.1, 0.15) is 58.4 Å². The van der Waals surface area contributed by atoms with E-state index in [0.717, 1.165) is 18.4 Å². The third kappa shape index (κ3) is 9.22. The summed E-state index contributed by atoms with van der Waals surface area (Å²) in [4.78, 5) is 36.2. The van der Waals surface area contributed by atoms with Gasteiger partial charge in [-0.25, -0.2) is 4.79 Å². The molecule has 1 aromatic carbocycles. The molecule has 0 bridgehead atoms. The summed E-state index contributed by atoms with van der Waals surface area (Å²) in [6.45, 7) is 5.89. The molecule has 0 aliphatic rings. The normalized spacial score (nSPS) is 13.0. The van der Waals surface area contributed by atoms with Crippen molar-refractivity contribution < 1.29 is 19.5 Å². The highest BCUT2D eigenvalue weighted by Gasteiger charge is 2.26. The third-order valence-corrected chi connectivity index (χ3v) is 4.30. The van der Waals surface area contributed by atoms with Gasteiger partial charge in [-0.1, -0.05) is 63.9 Å². The van der Waals surface area contributed by atoms with E-state index in [0.29, 0.717) is 19.3 Å². The van der Waals surface area contributed by atoms with E-state index in [-0.39, 0.29) is 18.2 Å². The Hall–Kier alpha value is -2.37. The van der Waals surface area contributed by atoms with Crippen LogP contribution in [-0.2, 0) is 20.8 Å². The SMILES string of the molecule is CCCC[C@@H](NC(=O)[C@@H](CC(C)C)NC(=O)CCc1ccccc1)C(=O)O. The van der Waals surface area contributed by atoms with Gasteiger partial charge < -0.3 is 15.7 Å². The molecule has 1 rings (SSSR count). The second kappa shape index (κ2) is 12.1. The number of hydrogen-bond donors (Lipinski definition) is 3. The van der Waals surface area contributed by atoms with Gasteiger partial charge in [0.05, 0.1) is 0 Å². The molecule has 2 amide bonds. The van der Waals surface area contributed by atoms with Gasteiger partial charge >= 0.3 is 5.97 Å². The summed E-state index contributed by atoms with van der Waals surface area (Å²) in [5.74, 6) is -1.50. The van der Waals surface area contributed by atoms with Crippen molar-refractivity contribution in [3.05, 3.63) is 35.9 Å². The lowest BCUT2D eigenvalue weighted by molar-refractivity contribution is -0.142. The quantitative estimate of drug-likeness (QED) is 0.523. The number of carbonyl (C=O) groups is 3. The van der Waals surface area contributed by atoms with E-state index >= 15 is 0 Å². The maximum atomic E-state index is 12.6. The van der Waals surface area contributed by atoms with Gasteiger partial charge in [0, 0.05) is 6.42 Å². The van der Waals surface area contributed by atoms with Gasteiger partial charge in [0.15, 0.2) is 0 Å². The van der Waals surface area contributed by atoms with Crippen molar-refractivity contribution in [2.45, 2.75) is 71.4 Å². The third-order valence-electron chi connectivity index (χ3n) is 4.30. The first-order chi connectivity index (χ1) is 12.8. The number of aryl methyl sites for hydroxylation is 1. The molecule has 2 atom stereocenters. The lowest BCUT2D eigenvalue weighted by atomic mass is 10.0. The molecule has 0 saturated carbocycles. The highest BCUT2D eigenvalue weighted by Crippen LogP contribution is 2.09. The molecule has 0 fully saturated rings. The minimum absolute atomic E-state index is 0.189. The topological polar surface area (TPSA) is 95.5 Å². The number of amides is 2. The van der Waals surface area contributed by atoms with Crippen molar-refractivity contribution in [3.8, 4) is 0 Å². The number of rotatable bonds is 12. The molecule has 27 heavy (non-hydrogen) atoms. The van der Waals surface area contributed by atoms with Crippen molar-refractivity contribution in [3.63, 3.8) is 0 Å². The van der Waals surface area contributed by atoms with Crippen LogP contribution in [0.3, 0.4) is 0 Å². The zero-order chi connectivity index (χ0) is 20.2. The highest BCUT2D eigenvalue weighted by atomic mass is 16.4. The van der Waals surface area contributed by atoms with Crippen LogP contribution in [-0.4, -0.2) is 35.0 Å². The summed E-state index contributed by atoms with van der Waals surface area (Å²) in [6.07, 6.45) is 3.29. The van der Waals surface area contributed by atoms with Crippen LogP contribution in [0.25, 0.3) is 0 Å². The first-order valence-electron chi connectivity index (χ1n) is 9.70. The summed E-state index contributed by atoms with van der Waals surface area (Å²) in [7, 11) is 0. The Labute approximate surface area is 161 Å². The van der Waals surface area contributed by atoms with E-state index in [1.54, 1.807) is 0 Å². The summed E-state index contributed by atoms with van der Waals surface area (Å²) in [6, 6.07) is 8.03. The molecule has 0 spiro atoms. The molecule has 0 aliphatic heterocycles. The van der Waals surface area contributed by atoms with Gasteiger partial charge in [-0.2, -0.15) is 0 Å². The molecule has 0 unspecified atom stereocenters. The van der Waals surface area contributed by atoms with Gasteiger partial charge in [-0.3, -0.25) is 9.59 Å². The Morgan fingerprint density at radius 2 is 1.70 bits per heavy atom. The van der Waals surface area contributed by atoms with Crippen LogP contribution in [0.2, 0.25) is 0 Å². The number of carboxylic acids is 1. The van der Waals surface area contributed by atoms with Gasteiger partial charge in [-0.15, -0.1) is 0 Å². The Morgan fingerprint density at radius 1 is 1.04 bits per heavy atom. The van der Waals surface area contributed by atoms with Crippen LogP contribution in [0.15, 0.2) is 30.3 Å². The molecule has 0 saturated heterocycles. The Bertz CT molecular complexity index is 601. The molecule has 0 heterocycles. The molecule has 150 valence electrons. The number of carbonyl (C=O) groups excluding carboxylic acids is 2. The van der Waals surface area contributed by atoms with Crippen LogP contribution in [0, 0.1) is 5.92 Å². The zero-order valence-corrected chi connectivity index (χ0v) is 16.5. The summed E-state index contributed by atoms with van der Waals surface area (Å²) < 4.78 is 0. The minimum atomic E-state index is -1.05. The number of aliphatic carboxylic acids is 1. The largest absolute Gasteiger partial charge is 0.480 e. The van der Waals surface area contributed by atoms with Crippen LogP contribution in [0.4, 0.5) is 0 Å². The molecular formula is C21H32N2O4. The van der Waals surface area contributed by atoms with Crippen molar-refractivity contribution in [2.24, 2.45) is 5.92 Å². The molecule has 6 heteroatoms. The fraction of sp³-hybridized carbons (Fsp3) is 0.571. The van der Waals surface area contributed by atoms with Crippen molar-refractivity contribution >= 4 is 17.8 Å². The molecule has 1 aromatic rings. The smallest absolute Gasteiger partial charge is 0.326 e. The number of benzene rings is 1. The first kappa shape index (κ1) is 22.7. The van der Waals surface area contributed by atoms with Crippen LogP contribution >= 0.6 is 0 Å². The number of carboxylic acid groups (broad SMARTS) is 1. The minimum Gasteiger partial charge on any atom is -0.480 e. The lowest BCUT2D eigenvalue weighted by Gasteiger charge is -2.23. The van der Waals surface area contributed by atoms with Crippen LogP contribution < -0.4 is 10.6 Å². The average Bonchev–Trinajstić information content (AvgIpc) is 2.63. The second-order valence-corrected chi connectivity index (χ2v) is 7.28. The number of hydrogen-bond acceptors (Lipinski definition) is 3. The van der Waals surface area contributed by atoms with Crippen molar-refractivity contribution in [2.75, 3.05) is 0 Å². The van der Waals surface area contributed by atoms with Crippen molar-refractivity contribution in [1.82, 2.24) is 10.6 Å². The van der Waals surface area contributed by atoms with E-state index in [1.807, 2.05) is 51.1 Å². The zero-order valence-electron chi connectivity index (χ0n) is 16.5. The van der Waals surface area contributed by atoms with Crippen LogP contribution in [0.5, 0.6) is 0 Å². The van der Waals surface area contributed by atoms with Gasteiger partial charge in [0.1, 0.15) is 12.1 Å². The van der Waals surface area contributed by atoms with Gasteiger partial charge in [0.25, 0.3) is 0 Å². The van der Waals surface area contributed by atoms with Crippen molar-refractivity contribution in [1.29, 1.82) is 0 Å². The Kier molecular flexibility index (Phi) is 10.2. The fourth-order valence-electron chi connectivity index (χ4n) is 2.81. The standard InChI is InChI=1S/C21H32N2O4/c1-4-5-11-17(21(26)27)23-20(25)18(14-15(2)3)22-19(24)13-12-16-9-7-6-8-10-16/h6-10,15,17-18H,4-5,11-14H2,1-3H3,(H,22,24)(H,23,25)(H,26,27)/t17-,18-/m1/s1. The maximum Gasteiger partial charge on any atom is 0.326 e.